The van der Waals surface area contributed by atoms with Crippen molar-refractivity contribution in [3.05, 3.63) is 42.2 Å². The van der Waals surface area contributed by atoms with E-state index in [2.05, 4.69) is 15.6 Å². The lowest BCUT2D eigenvalue weighted by Gasteiger charge is -2.21. The zero-order valence-electron chi connectivity index (χ0n) is 13.9. The van der Waals surface area contributed by atoms with Gasteiger partial charge in [0.05, 0.1) is 25.0 Å². The number of hydrogen-bond donors (Lipinski definition) is 3. The summed E-state index contributed by atoms with van der Waals surface area (Å²) in [5.41, 5.74) is 1.88. The number of rotatable bonds is 5. The van der Waals surface area contributed by atoms with Crippen LogP contribution >= 0.6 is 0 Å². The molecule has 0 saturated carbocycles. The molecule has 1 aromatic heterocycles. The van der Waals surface area contributed by atoms with Crippen LogP contribution in [0.3, 0.4) is 0 Å². The van der Waals surface area contributed by atoms with Crippen LogP contribution in [0.4, 0.5) is 16.2 Å². The lowest BCUT2D eigenvalue weighted by Crippen LogP contribution is -2.27. The van der Waals surface area contributed by atoms with Crippen molar-refractivity contribution >= 4 is 17.5 Å². The Balaban J connectivity index is 2.12. The molecule has 2 rings (SSSR count). The maximum absolute atomic E-state index is 12.0. The first-order valence-electron chi connectivity index (χ1n) is 7.41. The number of anilines is 2. The second-order valence-corrected chi connectivity index (χ2v) is 6.09. The molecular weight excluding hydrogens is 294 g/mol. The van der Waals surface area contributed by atoms with Gasteiger partial charge in [-0.3, -0.25) is 5.32 Å². The summed E-state index contributed by atoms with van der Waals surface area (Å²) in [7, 11) is 1.60. The van der Waals surface area contributed by atoms with Gasteiger partial charge in [0.1, 0.15) is 11.4 Å². The third-order valence-corrected chi connectivity index (χ3v) is 2.99. The SMILES string of the molecule is COc1ccc(NC(=O)OC(C)(C)C)c(NCc2ccc[nH]2)c1. The number of aromatic nitrogens is 1. The van der Waals surface area contributed by atoms with Crippen LogP contribution < -0.4 is 15.4 Å². The van der Waals surface area contributed by atoms with Crippen LogP contribution in [0, 0.1) is 0 Å². The van der Waals surface area contributed by atoms with Crippen LogP contribution in [0.5, 0.6) is 5.75 Å². The standard InChI is InChI=1S/C17H23N3O3/c1-17(2,3)23-16(21)20-14-8-7-13(22-4)10-15(14)19-11-12-6-5-9-18-12/h5-10,18-19H,11H2,1-4H3,(H,20,21). The lowest BCUT2D eigenvalue weighted by molar-refractivity contribution is 0.0636. The summed E-state index contributed by atoms with van der Waals surface area (Å²) in [5, 5.41) is 6.04. The van der Waals surface area contributed by atoms with Gasteiger partial charge in [-0.25, -0.2) is 4.79 Å². The number of aromatic amines is 1. The normalized spacial score (nSPS) is 11.0. The third-order valence-electron chi connectivity index (χ3n) is 2.99. The smallest absolute Gasteiger partial charge is 0.412 e. The lowest BCUT2D eigenvalue weighted by atomic mass is 10.2. The summed E-state index contributed by atoms with van der Waals surface area (Å²) in [4.78, 5) is 15.1. The molecule has 0 fully saturated rings. The van der Waals surface area contributed by atoms with E-state index in [0.29, 0.717) is 18.0 Å². The summed E-state index contributed by atoms with van der Waals surface area (Å²) >= 11 is 0. The van der Waals surface area contributed by atoms with Crippen LogP contribution in [-0.2, 0) is 11.3 Å². The number of nitrogens with one attached hydrogen (secondary N) is 3. The van der Waals surface area contributed by atoms with Crippen molar-refractivity contribution in [2.45, 2.75) is 32.9 Å². The van der Waals surface area contributed by atoms with E-state index in [0.717, 1.165) is 11.4 Å². The predicted molar refractivity (Wildman–Crippen MR) is 91.0 cm³/mol. The van der Waals surface area contributed by atoms with E-state index >= 15 is 0 Å². The first-order chi connectivity index (χ1) is 10.9. The number of carbonyl (C=O) groups excluding carboxylic acids is 1. The van der Waals surface area contributed by atoms with Crippen molar-refractivity contribution in [1.82, 2.24) is 4.98 Å². The van der Waals surface area contributed by atoms with Gasteiger partial charge in [0.2, 0.25) is 0 Å². The molecule has 23 heavy (non-hydrogen) atoms. The molecule has 0 aliphatic heterocycles. The summed E-state index contributed by atoms with van der Waals surface area (Å²) in [6.45, 7) is 6.07. The van der Waals surface area contributed by atoms with Crippen molar-refractivity contribution in [1.29, 1.82) is 0 Å². The molecule has 6 heteroatoms. The Morgan fingerprint density at radius 2 is 2.00 bits per heavy atom. The molecule has 1 amide bonds. The monoisotopic (exact) mass is 317 g/mol. The van der Waals surface area contributed by atoms with Crippen molar-refractivity contribution < 1.29 is 14.3 Å². The molecule has 0 aliphatic rings. The van der Waals surface area contributed by atoms with Crippen LogP contribution in [0.1, 0.15) is 26.5 Å². The molecule has 0 unspecified atom stereocenters. The van der Waals surface area contributed by atoms with Gasteiger partial charge in [-0.2, -0.15) is 0 Å². The molecule has 3 N–H and O–H groups in total. The minimum Gasteiger partial charge on any atom is -0.497 e. The maximum atomic E-state index is 12.0. The zero-order valence-corrected chi connectivity index (χ0v) is 13.9. The highest BCUT2D eigenvalue weighted by atomic mass is 16.6. The first kappa shape index (κ1) is 16.7. The number of carbonyl (C=O) groups is 1. The second kappa shape index (κ2) is 7.09. The van der Waals surface area contributed by atoms with Gasteiger partial charge < -0.3 is 19.8 Å². The molecular formula is C17H23N3O3. The maximum Gasteiger partial charge on any atom is 0.412 e. The Bertz CT molecular complexity index is 646. The number of benzene rings is 1. The molecule has 0 spiro atoms. The number of H-pyrrole nitrogens is 1. The Hall–Kier alpha value is -2.63. The summed E-state index contributed by atoms with van der Waals surface area (Å²) in [6.07, 6.45) is 1.37. The van der Waals surface area contributed by atoms with E-state index in [4.69, 9.17) is 9.47 Å². The molecule has 124 valence electrons. The molecule has 0 bridgehead atoms. The van der Waals surface area contributed by atoms with Gasteiger partial charge in [0, 0.05) is 18.0 Å². The zero-order chi connectivity index (χ0) is 16.9. The first-order valence-corrected chi connectivity index (χ1v) is 7.41. The van der Waals surface area contributed by atoms with Gasteiger partial charge in [-0.05, 0) is 45.0 Å². The third kappa shape index (κ3) is 5.25. The number of amides is 1. The van der Waals surface area contributed by atoms with Crippen LogP contribution in [0.2, 0.25) is 0 Å². The minimum atomic E-state index is -0.547. The Kier molecular flexibility index (Phi) is 5.16. The Labute approximate surface area is 136 Å². The number of hydrogen-bond acceptors (Lipinski definition) is 4. The van der Waals surface area contributed by atoms with Crippen LogP contribution in [-0.4, -0.2) is 23.8 Å². The van der Waals surface area contributed by atoms with Crippen molar-refractivity contribution in [3.8, 4) is 5.75 Å². The molecule has 0 radical (unpaired) electrons. The average Bonchev–Trinajstić information content (AvgIpc) is 2.97. The van der Waals surface area contributed by atoms with Crippen molar-refractivity contribution in [3.63, 3.8) is 0 Å². The minimum absolute atomic E-state index is 0.495. The van der Waals surface area contributed by atoms with Crippen LogP contribution in [0.25, 0.3) is 0 Å². The largest absolute Gasteiger partial charge is 0.497 e. The fourth-order valence-electron chi connectivity index (χ4n) is 1.99. The van der Waals surface area contributed by atoms with E-state index in [9.17, 15) is 4.79 Å². The summed E-state index contributed by atoms with van der Waals surface area (Å²) in [5.74, 6) is 0.703. The van der Waals surface area contributed by atoms with E-state index in [-0.39, 0.29) is 0 Å². The topological polar surface area (TPSA) is 75.4 Å². The van der Waals surface area contributed by atoms with Gasteiger partial charge >= 0.3 is 6.09 Å². The van der Waals surface area contributed by atoms with Crippen molar-refractivity contribution in [2.75, 3.05) is 17.7 Å². The van der Waals surface area contributed by atoms with Gasteiger partial charge in [0.25, 0.3) is 0 Å². The number of ether oxygens (including phenoxy) is 2. The predicted octanol–water partition coefficient (Wildman–Crippen LogP) is 3.98. The van der Waals surface area contributed by atoms with E-state index in [1.165, 1.54) is 0 Å². The second-order valence-electron chi connectivity index (χ2n) is 6.09. The number of methoxy groups -OCH3 is 1. The molecule has 6 nitrogen and oxygen atoms in total. The molecule has 1 heterocycles. The van der Waals surface area contributed by atoms with Crippen molar-refractivity contribution in [2.24, 2.45) is 0 Å². The van der Waals surface area contributed by atoms with E-state index in [1.807, 2.05) is 45.2 Å². The quantitative estimate of drug-likeness (QED) is 0.779. The molecule has 1 aromatic carbocycles. The molecule has 0 aliphatic carbocycles. The summed E-state index contributed by atoms with van der Waals surface area (Å²) < 4.78 is 10.5. The van der Waals surface area contributed by atoms with E-state index < -0.39 is 11.7 Å². The van der Waals surface area contributed by atoms with Gasteiger partial charge in [-0.1, -0.05) is 0 Å². The average molecular weight is 317 g/mol. The van der Waals surface area contributed by atoms with Gasteiger partial charge in [0.15, 0.2) is 0 Å². The highest BCUT2D eigenvalue weighted by Crippen LogP contribution is 2.28. The molecule has 0 atom stereocenters. The fraction of sp³-hybridized carbons (Fsp3) is 0.353. The summed E-state index contributed by atoms with van der Waals surface area (Å²) in [6, 6.07) is 9.30. The Morgan fingerprint density at radius 3 is 2.61 bits per heavy atom. The molecule has 0 saturated heterocycles. The fourth-order valence-corrected chi connectivity index (χ4v) is 1.99. The van der Waals surface area contributed by atoms with E-state index in [1.54, 1.807) is 19.2 Å². The molecule has 2 aromatic rings. The highest BCUT2D eigenvalue weighted by molar-refractivity contribution is 5.90. The van der Waals surface area contributed by atoms with Gasteiger partial charge in [-0.15, -0.1) is 0 Å². The highest BCUT2D eigenvalue weighted by Gasteiger charge is 2.17. The Morgan fingerprint density at radius 1 is 1.22 bits per heavy atom. The van der Waals surface area contributed by atoms with Crippen LogP contribution in [0.15, 0.2) is 36.5 Å².